The Morgan fingerprint density at radius 2 is 1.06 bits per heavy atom. The summed E-state index contributed by atoms with van der Waals surface area (Å²) < 4.78 is 0. The zero-order valence-electron chi connectivity index (χ0n) is 19.4. The number of rotatable bonds is 9. The quantitative estimate of drug-likeness (QED) is 0.306. The van der Waals surface area contributed by atoms with Gasteiger partial charge in [-0.3, -0.25) is 4.79 Å². The third-order valence-electron chi connectivity index (χ3n) is 6.21. The fraction of sp³-hybridized carbons (Fsp3) is 0.100. The van der Waals surface area contributed by atoms with Crippen LogP contribution in [0.15, 0.2) is 115 Å². The molecule has 0 fully saturated rings. The average molecular weight is 480 g/mol. The number of hydrogen-bond donors (Lipinski definition) is 3. The van der Waals surface area contributed by atoms with Gasteiger partial charge in [-0.15, -0.1) is 0 Å². The molecule has 6 nitrogen and oxygen atoms in total. The number of aliphatic carboxylic acids is 1. The zero-order valence-corrected chi connectivity index (χ0v) is 19.4. The van der Waals surface area contributed by atoms with E-state index in [1.807, 2.05) is 91.0 Å². The van der Waals surface area contributed by atoms with E-state index in [1.165, 1.54) is 12.1 Å². The standard InChI is InChI=1S/C30H25NO5/c32-27(33)22-18-16-21(17-19-22)20-26(28(34)35)31-29(36)30(23-10-4-1-5-11-23,24-12-6-2-7-13-24)25-14-8-3-9-15-25/h1-19,26H,20H2,(H,31,36)(H,32,33)(H,34,35)/t26-/m1/s1. The normalized spacial score (nSPS) is 11.9. The van der Waals surface area contributed by atoms with Crippen LogP contribution in [0.25, 0.3) is 0 Å². The van der Waals surface area contributed by atoms with Crippen LogP contribution in [0.2, 0.25) is 0 Å². The Hall–Kier alpha value is -4.71. The van der Waals surface area contributed by atoms with E-state index in [-0.39, 0.29) is 12.0 Å². The number of nitrogens with one attached hydrogen (secondary N) is 1. The third-order valence-corrected chi connectivity index (χ3v) is 6.21. The lowest BCUT2D eigenvalue weighted by molar-refractivity contribution is -0.142. The van der Waals surface area contributed by atoms with Crippen molar-refractivity contribution in [1.82, 2.24) is 5.32 Å². The molecule has 4 rings (SSSR count). The molecule has 3 N–H and O–H groups in total. The number of benzene rings is 4. The highest BCUT2D eigenvalue weighted by Crippen LogP contribution is 2.39. The first-order valence-corrected chi connectivity index (χ1v) is 11.5. The van der Waals surface area contributed by atoms with Gasteiger partial charge in [-0.05, 0) is 34.4 Å². The molecule has 0 aliphatic rings. The SMILES string of the molecule is O=C(O)c1ccc(C[C@@H](NC(=O)C(c2ccccc2)(c2ccccc2)c2ccccc2)C(=O)O)cc1. The predicted octanol–water partition coefficient (Wildman–Crippen LogP) is 4.53. The van der Waals surface area contributed by atoms with Gasteiger partial charge < -0.3 is 15.5 Å². The monoisotopic (exact) mass is 479 g/mol. The van der Waals surface area contributed by atoms with E-state index >= 15 is 0 Å². The highest BCUT2D eigenvalue weighted by molar-refractivity contribution is 5.98. The molecular weight excluding hydrogens is 454 g/mol. The van der Waals surface area contributed by atoms with Gasteiger partial charge in [0.2, 0.25) is 5.91 Å². The number of carboxylic acid groups (broad SMARTS) is 2. The molecule has 1 amide bonds. The van der Waals surface area contributed by atoms with Crippen LogP contribution in [-0.2, 0) is 21.4 Å². The van der Waals surface area contributed by atoms with Gasteiger partial charge in [-0.2, -0.15) is 0 Å². The van der Waals surface area contributed by atoms with Crippen molar-refractivity contribution in [2.75, 3.05) is 0 Å². The molecule has 180 valence electrons. The molecule has 0 saturated heterocycles. The molecule has 6 heteroatoms. The Labute approximate surface area is 208 Å². The summed E-state index contributed by atoms with van der Waals surface area (Å²) in [5, 5.41) is 21.9. The fourth-order valence-electron chi connectivity index (χ4n) is 4.44. The summed E-state index contributed by atoms with van der Waals surface area (Å²) in [6.07, 6.45) is -0.00454. The topological polar surface area (TPSA) is 104 Å². The maximum atomic E-state index is 14.3. The number of aromatic carboxylic acids is 1. The van der Waals surface area contributed by atoms with Gasteiger partial charge in [-0.1, -0.05) is 103 Å². The number of amides is 1. The first-order valence-electron chi connectivity index (χ1n) is 11.5. The summed E-state index contributed by atoms with van der Waals surface area (Å²) in [5.74, 6) is -2.72. The Bertz CT molecular complexity index is 1240. The summed E-state index contributed by atoms with van der Waals surface area (Å²) in [6, 6.07) is 32.6. The first-order chi connectivity index (χ1) is 17.4. The molecular formula is C30H25NO5. The molecule has 1 atom stereocenters. The summed E-state index contributed by atoms with van der Waals surface area (Å²) in [5.41, 5.74) is 1.51. The highest BCUT2D eigenvalue weighted by Gasteiger charge is 2.45. The summed E-state index contributed by atoms with van der Waals surface area (Å²) in [6.45, 7) is 0. The van der Waals surface area contributed by atoms with E-state index in [4.69, 9.17) is 5.11 Å². The lowest BCUT2D eigenvalue weighted by Gasteiger charge is -2.35. The predicted molar refractivity (Wildman–Crippen MR) is 136 cm³/mol. The molecule has 0 spiro atoms. The van der Waals surface area contributed by atoms with Crippen LogP contribution in [0.5, 0.6) is 0 Å². The van der Waals surface area contributed by atoms with Crippen molar-refractivity contribution < 1.29 is 24.6 Å². The molecule has 0 radical (unpaired) electrons. The van der Waals surface area contributed by atoms with Crippen molar-refractivity contribution in [3.63, 3.8) is 0 Å². The van der Waals surface area contributed by atoms with Crippen molar-refractivity contribution in [2.45, 2.75) is 17.9 Å². The van der Waals surface area contributed by atoms with E-state index in [2.05, 4.69) is 5.32 Å². The highest BCUT2D eigenvalue weighted by atomic mass is 16.4. The molecule has 0 bridgehead atoms. The minimum atomic E-state index is -1.30. The number of carbonyl (C=O) groups is 3. The second-order valence-electron chi connectivity index (χ2n) is 8.42. The minimum absolute atomic E-state index is 0.00454. The largest absolute Gasteiger partial charge is 0.480 e. The molecule has 4 aromatic rings. The smallest absolute Gasteiger partial charge is 0.335 e. The molecule has 36 heavy (non-hydrogen) atoms. The molecule has 0 aliphatic heterocycles. The first kappa shape index (κ1) is 24.4. The summed E-state index contributed by atoms with van der Waals surface area (Å²) in [4.78, 5) is 37.7. The van der Waals surface area contributed by atoms with Gasteiger partial charge in [0, 0.05) is 6.42 Å². The molecule has 0 aromatic heterocycles. The van der Waals surface area contributed by atoms with Crippen molar-refractivity contribution in [1.29, 1.82) is 0 Å². The van der Waals surface area contributed by atoms with Gasteiger partial charge in [0.05, 0.1) is 5.56 Å². The Morgan fingerprint density at radius 1 is 0.639 bits per heavy atom. The lowest BCUT2D eigenvalue weighted by atomic mass is 9.68. The van der Waals surface area contributed by atoms with Crippen LogP contribution in [-0.4, -0.2) is 34.1 Å². The van der Waals surface area contributed by atoms with Crippen molar-refractivity contribution in [2.24, 2.45) is 0 Å². The molecule has 0 heterocycles. The van der Waals surface area contributed by atoms with Gasteiger partial charge in [-0.25, -0.2) is 9.59 Å². The van der Waals surface area contributed by atoms with Crippen molar-refractivity contribution in [3.8, 4) is 0 Å². The van der Waals surface area contributed by atoms with E-state index in [0.717, 1.165) is 0 Å². The zero-order chi connectivity index (χ0) is 25.5. The maximum Gasteiger partial charge on any atom is 0.335 e. The lowest BCUT2D eigenvalue weighted by Crippen LogP contribution is -2.52. The van der Waals surface area contributed by atoms with E-state index in [9.17, 15) is 19.5 Å². The fourth-order valence-corrected chi connectivity index (χ4v) is 4.44. The number of carboxylic acids is 2. The van der Waals surface area contributed by atoms with Crippen molar-refractivity contribution >= 4 is 17.8 Å². The van der Waals surface area contributed by atoms with Gasteiger partial charge >= 0.3 is 11.9 Å². The van der Waals surface area contributed by atoms with Crippen molar-refractivity contribution in [3.05, 3.63) is 143 Å². The van der Waals surface area contributed by atoms with Crippen LogP contribution < -0.4 is 5.32 Å². The van der Waals surface area contributed by atoms with Gasteiger partial charge in [0.1, 0.15) is 11.5 Å². The van der Waals surface area contributed by atoms with Crippen LogP contribution in [0.1, 0.15) is 32.6 Å². The molecule has 0 unspecified atom stereocenters. The van der Waals surface area contributed by atoms with Crippen LogP contribution in [0.4, 0.5) is 0 Å². The molecule has 0 aliphatic carbocycles. The Kier molecular flexibility index (Phi) is 7.25. The van der Waals surface area contributed by atoms with E-state index < -0.39 is 29.3 Å². The second-order valence-corrected chi connectivity index (χ2v) is 8.42. The van der Waals surface area contributed by atoms with Gasteiger partial charge in [0.15, 0.2) is 0 Å². The van der Waals surface area contributed by atoms with Gasteiger partial charge in [0.25, 0.3) is 0 Å². The van der Waals surface area contributed by atoms with Crippen LogP contribution in [0.3, 0.4) is 0 Å². The number of hydrogen-bond acceptors (Lipinski definition) is 3. The van der Waals surface area contributed by atoms with Crippen LogP contribution >= 0.6 is 0 Å². The minimum Gasteiger partial charge on any atom is -0.480 e. The number of carbonyl (C=O) groups excluding carboxylic acids is 1. The third kappa shape index (κ3) is 4.88. The second kappa shape index (κ2) is 10.7. The Balaban J connectivity index is 1.79. The van der Waals surface area contributed by atoms with Crippen LogP contribution in [0, 0.1) is 0 Å². The average Bonchev–Trinajstić information content (AvgIpc) is 2.91. The molecule has 4 aromatic carbocycles. The Morgan fingerprint density at radius 3 is 1.42 bits per heavy atom. The van der Waals surface area contributed by atoms with E-state index in [1.54, 1.807) is 12.1 Å². The molecule has 0 saturated carbocycles. The maximum absolute atomic E-state index is 14.3. The van der Waals surface area contributed by atoms with E-state index in [0.29, 0.717) is 22.3 Å². The summed E-state index contributed by atoms with van der Waals surface area (Å²) in [7, 11) is 0. The summed E-state index contributed by atoms with van der Waals surface area (Å²) >= 11 is 0.